The molecule has 1 saturated heterocycles. The van der Waals surface area contributed by atoms with E-state index in [2.05, 4.69) is 10.2 Å². The van der Waals surface area contributed by atoms with Gasteiger partial charge in [0.05, 0.1) is 24.2 Å². The van der Waals surface area contributed by atoms with Gasteiger partial charge in [-0.1, -0.05) is 41.4 Å². The molecular formula is C22H24Cl2N4O2. The average Bonchev–Trinajstić information content (AvgIpc) is 3.08. The fourth-order valence-corrected chi connectivity index (χ4v) is 4.13. The second kappa shape index (κ2) is 9.79. The lowest BCUT2D eigenvalue weighted by molar-refractivity contribution is -0.121. The number of nitrogens with zero attached hydrogens (tertiary/aromatic N) is 3. The molecule has 1 aliphatic rings. The van der Waals surface area contributed by atoms with Gasteiger partial charge in [0.1, 0.15) is 12.4 Å². The molecule has 0 aliphatic carbocycles. The number of rotatable bonds is 7. The van der Waals surface area contributed by atoms with Crippen molar-refractivity contribution in [2.24, 2.45) is 0 Å². The van der Waals surface area contributed by atoms with E-state index in [1.54, 1.807) is 6.07 Å². The molecule has 0 radical (unpaired) electrons. The molecule has 1 aromatic heterocycles. The van der Waals surface area contributed by atoms with Crippen molar-refractivity contribution in [2.75, 3.05) is 39.4 Å². The Balaban J connectivity index is 1.47. The van der Waals surface area contributed by atoms with Gasteiger partial charge >= 0.3 is 0 Å². The molecule has 4 rings (SSSR count). The lowest BCUT2D eigenvalue weighted by Crippen LogP contribution is -2.41. The molecule has 1 aliphatic heterocycles. The monoisotopic (exact) mass is 446 g/mol. The summed E-state index contributed by atoms with van der Waals surface area (Å²) in [6, 6.07) is 13.3. The number of carbonyl (C=O) groups is 1. The zero-order chi connectivity index (χ0) is 20.9. The second-order valence-electron chi connectivity index (χ2n) is 7.32. The van der Waals surface area contributed by atoms with Crippen LogP contribution in [0.3, 0.4) is 0 Å². The molecule has 0 unspecified atom stereocenters. The van der Waals surface area contributed by atoms with E-state index in [-0.39, 0.29) is 12.5 Å². The molecule has 0 bridgehead atoms. The van der Waals surface area contributed by atoms with Gasteiger partial charge in [0.2, 0.25) is 5.91 Å². The van der Waals surface area contributed by atoms with E-state index in [1.807, 2.05) is 41.0 Å². The summed E-state index contributed by atoms with van der Waals surface area (Å²) < 4.78 is 7.32. The highest BCUT2D eigenvalue weighted by Crippen LogP contribution is 2.25. The van der Waals surface area contributed by atoms with Crippen LogP contribution in [0.15, 0.2) is 42.5 Å². The van der Waals surface area contributed by atoms with Crippen molar-refractivity contribution in [3.8, 4) is 0 Å². The van der Waals surface area contributed by atoms with Gasteiger partial charge in [-0.2, -0.15) is 0 Å². The van der Waals surface area contributed by atoms with Gasteiger partial charge in [0, 0.05) is 42.6 Å². The summed E-state index contributed by atoms with van der Waals surface area (Å²) in [4.78, 5) is 19.7. The summed E-state index contributed by atoms with van der Waals surface area (Å²) in [6.45, 7) is 4.99. The average molecular weight is 447 g/mol. The Kier molecular flexibility index (Phi) is 6.89. The maximum atomic E-state index is 12.7. The van der Waals surface area contributed by atoms with Crippen LogP contribution in [0.2, 0.25) is 10.0 Å². The van der Waals surface area contributed by atoms with Crippen LogP contribution in [-0.2, 0) is 22.5 Å². The summed E-state index contributed by atoms with van der Waals surface area (Å²) in [5.74, 6) is 0.763. The predicted molar refractivity (Wildman–Crippen MR) is 119 cm³/mol. The number of benzene rings is 2. The van der Waals surface area contributed by atoms with Crippen molar-refractivity contribution < 1.29 is 9.53 Å². The lowest BCUT2D eigenvalue weighted by atomic mass is 10.1. The standard InChI is InChI=1S/C22H24Cl2N4O2/c23-17-6-5-16(18(24)14-17)13-21-26-19-3-1-2-4-20(19)28(21)15-22(29)25-7-8-27-9-11-30-12-10-27/h1-6,14H,7-13,15H2,(H,25,29). The summed E-state index contributed by atoms with van der Waals surface area (Å²) in [5, 5.41) is 4.22. The quantitative estimate of drug-likeness (QED) is 0.604. The Morgan fingerprint density at radius 2 is 1.93 bits per heavy atom. The number of amides is 1. The van der Waals surface area contributed by atoms with Gasteiger partial charge in [-0.3, -0.25) is 9.69 Å². The van der Waals surface area contributed by atoms with Gasteiger partial charge in [-0.15, -0.1) is 0 Å². The smallest absolute Gasteiger partial charge is 0.240 e. The number of para-hydroxylation sites is 2. The fourth-order valence-electron chi connectivity index (χ4n) is 3.65. The molecule has 8 heteroatoms. The van der Waals surface area contributed by atoms with Crippen molar-refractivity contribution in [2.45, 2.75) is 13.0 Å². The van der Waals surface area contributed by atoms with E-state index in [0.29, 0.717) is 23.0 Å². The minimum absolute atomic E-state index is 0.0325. The van der Waals surface area contributed by atoms with Crippen LogP contribution < -0.4 is 5.32 Å². The van der Waals surface area contributed by atoms with Gasteiger partial charge in [0.25, 0.3) is 0 Å². The zero-order valence-electron chi connectivity index (χ0n) is 16.6. The molecule has 2 heterocycles. The Hall–Kier alpha value is -2.12. The van der Waals surface area contributed by atoms with Crippen LogP contribution in [0.4, 0.5) is 0 Å². The summed E-state index contributed by atoms with van der Waals surface area (Å²) >= 11 is 12.4. The number of ether oxygens (including phenoxy) is 1. The highest BCUT2D eigenvalue weighted by atomic mass is 35.5. The number of imidazole rings is 1. The summed E-state index contributed by atoms with van der Waals surface area (Å²) in [5.41, 5.74) is 2.71. The molecule has 3 aromatic rings. The van der Waals surface area contributed by atoms with Gasteiger partial charge in [-0.05, 0) is 29.8 Å². The van der Waals surface area contributed by atoms with E-state index in [0.717, 1.165) is 55.3 Å². The first-order chi connectivity index (χ1) is 14.6. The third-order valence-corrected chi connectivity index (χ3v) is 5.84. The maximum Gasteiger partial charge on any atom is 0.240 e. The molecule has 1 N–H and O–H groups in total. The van der Waals surface area contributed by atoms with Gasteiger partial charge in [0.15, 0.2) is 0 Å². The highest BCUT2D eigenvalue weighted by Gasteiger charge is 2.16. The third-order valence-electron chi connectivity index (χ3n) is 5.25. The molecule has 1 fully saturated rings. The number of carbonyl (C=O) groups excluding carboxylic acids is 1. The van der Waals surface area contributed by atoms with Crippen molar-refractivity contribution in [1.29, 1.82) is 0 Å². The fraction of sp³-hybridized carbons (Fsp3) is 0.364. The van der Waals surface area contributed by atoms with Crippen LogP contribution in [-0.4, -0.2) is 59.8 Å². The van der Waals surface area contributed by atoms with Crippen molar-refractivity contribution in [3.63, 3.8) is 0 Å². The predicted octanol–water partition coefficient (Wildman–Crippen LogP) is 3.38. The maximum absolute atomic E-state index is 12.7. The number of hydrogen-bond acceptors (Lipinski definition) is 4. The Bertz CT molecular complexity index is 1030. The van der Waals surface area contributed by atoms with E-state index in [9.17, 15) is 4.79 Å². The summed E-state index contributed by atoms with van der Waals surface area (Å²) in [7, 11) is 0. The normalized spacial score (nSPS) is 14.9. The van der Waals surface area contributed by atoms with Gasteiger partial charge in [-0.25, -0.2) is 4.98 Å². The zero-order valence-corrected chi connectivity index (χ0v) is 18.1. The number of hydrogen-bond donors (Lipinski definition) is 1. The van der Waals surface area contributed by atoms with Crippen LogP contribution in [0.5, 0.6) is 0 Å². The Morgan fingerprint density at radius 1 is 1.13 bits per heavy atom. The molecule has 6 nitrogen and oxygen atoms in total. The van der Waals surface area contributed by atoms with E-state index < -0.39 is 0 Å². The number of nitrogens with one attached hydrogen (secondary N) is 1. The van der Waals surface area contributed by atoms with E-state index >= 15 is 0 Å². The number of halogens is 2. The largest absolute Gasteiger partial charge is 0.379 e. The topological polar surface area (TPSA) is 59.4 Å². The first-order valence-corrected chi connectivity index (χ1v) is 10.8. The minimum Gasteiger partial charge on any atom is -0.379 e. The molecule has 0 atom stereocenters. The summed E-state index contributed by atoms with van der Waals surface area (Å²) in [6.07, 6.45) is 0.520. The van der Waals surface area contributed by atoms with Crippen molar-refractivity contribution in [3.05, 3.63) is 63.9 Å². The Labute approximate surface area is 185 Å². The minimum atomic E-state index is -0.0325. The number of fused-ring (bicyclic) bond motifs is 1. The highest BCUT2D eigenvalue weighted by molar-refractivity contribution is 6.35. The second-order valence-corrected chi connectivity index (χ2v) is 8.16. The van der Waals surface area contributed by atoms with E-state index in [1.165, 1.54) is 0 Å². The molecule has 0 saturated carbocycles. The van der Waals surface area contributed by atoms with Crippen LogP contribution >= 0.6 is 23.2 Å². The number of morpholine rings is 1. The van der Waals surface area contributed by atoms with E-state index in [4.69, 9.17) is 32.9 Å². The molecule has 30 heavy (non-hydrogen) atoms. The Morgan fingerprint density at radius 3 is 2.73 bits per heavy atom. The van der Waals surface area contributed by atoms with Crippen molar-refractivity contribution >= 4 is 40.1 Å². The molecule has 158 valence electrons. The molecular weight excluding hydrogens is 423 g/mol. The molecule has 0 spiro atoms. The van der Waals surface area contributed by atoms with Crippen molar-refractivity contribution in [1.82, 2.24) is 19.8 Å². The lowest BCUT2D eigenvalue weighted by Gasteiger charge is -2.26. The number of aromatic nitrogens is 2. The van der Waals surface area contributed by atoms with Crippen LogP contribution in [0.1, 0.15) is 11.4 Å². The van der Waals surface area contributed by atoms with Gasteiger partial charge < -0.3 is 14.6 Å². The first-order valence-electron chi connectivity index (χ1n) is 10.0. The first kappa shape index (κ1) is 21.1. The third kappa shape index (κ3) is 5.13. The molecule has 2 aromatic carbocycles. The van der Waals surface area contributed by atoms with Crippen LogP contribution in [0, 0.1) is 0 Å². The molecule has 1 amide bonds. The van der Waals surface area contributed by atoms with Crippen LogP contribution in [0.25, 0.3) is 11.0 Å². The SMILES string of the molecule is O=C(Cn1c(Cc2ccc(Cl)cc2Cl)nc2ccccc21)NCCN1CCOCC1.